The Morgan fingerprint density at radius 1 is 1.11 bits per heavy atom. The van der Waals surface area contributed by atoms with Crippen LogP contribution in [0.2, 0.25) is 0 Å². The highest BCUT2D eigenvalue weighted by Crippen LogP contribution is 2.30. The van der Waals surface area contributed by atoms with Gasteiger partial charge >= 0.3 is 0 Å². The lowest BCUT2D eigenvalue weighted by Gasteiger charge is -2.42. The van der Waals surface area contributed by atoms with Crippen LogP contribution in [0.5, 0.6) is 0 Å². The number of aryl methyl sites for hydroxylation is 1. The molecule has 0 bridgehead atoms. The summed E-state index contributed by atoms with van der Waals surface area (Å²) < 4.78 is 0. The number of anilines is 2. The zero-order chi connectivity index (χ0) is 18.8. The highest BCUT2D eigenvalue weighted by molar-refractivity contribution is 5.45. The van der Waals surface area contributed by atoms with Crippen molar-refractivity contribution >= 4 is 11.8 Å². The van der Waals surface area contributed by atoms with Crippen LogP contribution in [0.4, 0.5) is 11.8 Å². The molecule has 2 aliphatic heterocycles. The molecule has 146 valence electrons. The molecule has 2 aliphatic rings. The smallest absolute Gasteiger partial charge is 0.226 e. The summed E-state index contributed by atoms with van der Waals surface area (Å²) in [5, 5.41) is 7.31. The molecular formula is C20H31N7. The molecule has 0 radical (unpaired) electrons. The van der Waals surface area contributed by atoms with E-state index in [9.17, 15) is 0 Å². The van der Waals surface area contributed by atoms with Gasteiger partial charge in [0.1, 0.15) is 5.82 Å². The van der Waals surface area contributed by atoms with Crippen LogP contribution in [0, 0.1) is 6.92 Å². The Morgan fingerprint density at radius 3 is 2.63 bits per heavy atom. The lowest BCUT2D eigenvalue weighted by atomic mass is 9.92. The van der Waals surface area contributed by atoms with E-state index in [1.54, 1.807) is 0 Å². The number of aromatic amines is 1. The summed E-state index contributed by atoms with van der Waals surface area (Å²) in [6, 6.07) is 4.93. The molecule has 1 unspecified atom stereocenters. The van der Waals surface area contributed by atoms with Crippen molar-refractivity contribution in [3.63, 3.8) is 0 Å². The summed E-state index contributed by atoms with van der Waals surface area (Å²) >= 11 is 0. The lowest BCUT2D eigenvalue weighted by molar-refractivity contribution is 0.127. The predicted octanol–water partition coefficient (Wildman–Crippen LogP) is 2.42. The van der Waals surface area contributed by atoms with E-state index < -0.39 is 0 Å². The van der Waals surface area contributed by atoms with Crippen molar-refractivity contribution in [1.82, 2.24) is 25.1 Å². The first-order valence-corrected chi connectivity index (χ1v) is 10.1. The number of piperidine rings is 2. The molecule has 2 aromatic rings. The lowest BCUT2D eigenvalue weighted by Crippen LogP contribution is -2.48. The summed E-state index contributed by atoms with van der Waals surface area (Å²) in [6.07, 6.45) is 6.83. The Morgan fingerprint density at radius 2 is 1.93 bits per heavy atom. The van der Waals surface area contributed by atoms with Crippen molar-refractivity contribution in [3.05, 3.63) is 29.7 Å². The van der Waals surface area contributed by atoms with Crippen LogP contribution >= 0.6 is 0 Å². The average molecular weight is 370 g/mol. The second-order valence-corrected chi connectivity index (χ2v) is 8.13. The van der Waals surface area contributed by atoms with Gasteiger partial charge in [-0.1, -0.05) is 0 Å². The molecule has 4 heterocycles. The van der Waals surface area contributed by atoms with Crippen molar-refractivity contribution in [2.24, 2.45) is 0 Å². The van der Waals surface area contributed by atoms with E-state index in [4.69, 9.17) is 4.98 Å². The highest BCUT2D eigenvalue weighted by Gasteiger charge is 2.30. The molecule has 2 fully saturated rings. The van der Waals surface area contributed by atoms with Gasteiger partial charge in [-0.2, -0.15) is 10.1 Å². The monoisotopic (exact) mass is 369 g/mol. The molecule has 2 aromatic heterocycles. The minimum Gasteiger partial charge on any atom is -0.356 e. The SMILES string of the molecule is Cc1cc(N2CCC(N3CCCC(c4ccn[nH]4)C3)CC2)nc(N(C)C)n1. The maximum atomic E-state index is 4.76. The summed E-state index contributed by atoms with van der Waals surface area (Å²) in [7, 11) is 3.99. The number of hydrogen-bond acceptors (Lipinski definition) is 6. The standard InChI is InChI=1S/C20H31N7/c1-15-13-19(23-20(22-15)25(2)3)26-11-7-17(8-12-26)27-10-4-5-16(14-27)18-6-9-21-24-18/h6,9,13,16-17H,4-5,7-8,10-12,14H2,1-3H3,(H,21,24). The van der Waals surface area contributed by atoms with Crippen LogP contribution in [-0.4, -0.2) is 71.4 Å². The third-order valence-electron chi connectivity index (χ3n) is 5.95. The van der Waals surface area contributed by atoms with Crippen LogP contribution in [0.25, 0.3) is 0 Å². The number of hydrogen-bond donors (Lipinski definition) is 1. The molecular weight excluding hydrogens is 338 g/mol. The minimum absolute atomic E-state index is 0.603. The van der Waals surface area contributed by atoms with Crippen LogP contribution in [0.3, 0.4) is 0 Å². The van der Waals surface area contributed by atoms with Gasteiger partial charge in [0.15, 0.2) is 0 Å². The number of H-pyrrole nitrogens is 1. The fourth-order valence-electron chi connectivity index (χ4n) is 4.44. The quantitative estimate of drug-likeness (QED) is 0.893. The van der Waals surface area contributed by atoms with E-state index in [0.717, 1.165) is 37.1 Å². The van der Waals surface area contributed by atoms with Gasteiger partial charge in [-0.15, -0.1) is 0 Å². The molecule has 27 heavy (non-hydrogen) atoms. The first-order valence-electron chi connectivity index (χ1n) is 10.1. The van der Waals surface area contributed by atoms with Crippen LogP contribution in [0.1, 0.15) is 43.0 Å². The van der Waals surface area contributed by atoms with E-state index in [1.165, 1.54) is 37.9 Å². The largest absolute Gasteiger partial charge is 0.356 e. The highest BCUT2D eigenvalue weighted by atomic mass is 15.3. The molecule has 4 rings (SSSR count). The maximum absolute atomic E-state index is 4.76. The Hall–Kier alpha value is -2.15. The molecule has 1 N–H and O–H groups in total. The maximum Gasteiger partial charge on any atom is 0.226 e. The summed E-state index contributed by atoms with van der Waals surface area (Å²) in [5.74, 6) is 2.47. The van der Waals surface area contributed by atoms with E-state index in [-0.39, 0.29) is 0 Å². The molecule has 0 aromatic carbocycles. The van der Waals surface area contributed by atoms with Crippen molar-refractivity contribution in [2.45, 2.75) is 44.6 Å². The average Bonchev–Trinajstić information content (AvgIpc) is 3.23. The minimum atomic E-state index is 0.603. The van der Waals surface area contributed by atoms with Gasteiger partial charge in [0, 0.05) is 69.3 Å². The zero-order valence-corrected chi connectivity index (χ0v) is 16.7. The molecule has 2 saturated heterocycles. The Bertz CT molecular complexity index is 735. The van der Waals surface area contributed by atoms with Crippen LogP contribution in [0.15, 0.2) is 18.3 Å². The summed E-state index contributed by atoms with van der Waals surface area (Å²) in [5.41, 5.74) is 2.33. The van der Waals surface area contributed by atoms with Gasteiger partial charge in [-0.3, -0.25) is 10.00 Å². The van der Waals surface area contributed by atoms with E-state index in [1.807, 2.05) is 32.1 Å². The number of nitrogens with one attached hydrogen (secondary N) is 1. The van der Waals surface area contributed by atoms with Gasteiger partial charge in [0.2, 0.25) is 5.95 Å². The molecule has 0 amide bonds. The van der Waals surface area contributed by atoms with Gasteiger partial charge in [0.05, 0.1) is 0 Å². The normalized spacial score (nSPS) is 22.2. The molecule has 1 atom stereocenters. The van der Waals surface area contributed by atoms with Gasteiger partial charge in [-0.25, -0.2) is 4.98 Å². The fourth-order valence-corrected chi connectivity index (χ4v) is 4.44. The third-order valence-corrected chi connectivity index (χ3v) is 5.95. The van der Waals surface area contributed by atoms with Crippen molar-refractivity contribution in [3.8, 4) is 0 Å². The Balaban J connectivity index is 1.38. The van der Waals surface area contributed by atoms with Gasteiger partial charge in [0.25, 0.3) is 0 Å². The first kappa shape index (κ1) is 18.2. The van der Waals surface area contributed by atoms with E-state index >= 15 is 0 Å². The van der Waals surface area contributed by atoms with E-state index in [0.29, 0.717) is 12.0 Å². The summed E-state index contributed by atoms with van der Waals surface area (Å²) in [6.45, 7) is 6.57. The number of rotatable bonds is 4. The molecule has 7 nitrogen and oxygen atoms in total. The number of aromatic nitrogens is 4. The first-order chi connectivity index (χ1) is 13.1. The number of nitrogens with zero attached hydrogens (tertiary/aromatic N) is 6. The van der Waals surface area contributed by atoms with Crippen molar-refractivity contribution in [1.29, 1.82) is 0 Å². The van der Waals surface area contributed by atoms with Crippen LogP contribution in [-0.2, 0) is 0 Å². The van der Waals surface area contributed by atoms with Gasteiger partial charge in [-0.05, 0) is 45.2 Å². The predicted molar refractivity (Wildman–Crippen MR) is 108 cm³/mol. The molecule has 7 heteroatoms. The summed E-state index contributed by atoms with van der Waals surface area (Å²) in [4.78, 5) is 16.4. The topological polar surface area (TPSA) is 64.2 Å². The van der Waals surface area contributed by atoms with Gasteiger partial charge < -0.3 is 9.80 Å². The van der Waals surface area contributed by atoms with Crippen molar-refractivity contribution in [2.75, 3.05) is 50.1 Å². The number of likely N-dealkylation sites (tertiary alicyclic amines) is 1. The second kappa shape index (κ2) is 7.84. The molecule has 0 spiro atoms. The molecule has 0 aliphatic carbocycles. The Labute approximate surface area is 161 Å². The molecule has 0 saturated carbocycles. The Kier molecular flexibility index (Phi) is 5.29. The zero-order valence-electron chi connectivity index (χ0n) is 16.7. The second-order valence-electron chi connectivity index (χ2n) is 8.13. The fraction of sp³-hybridized carbons (Fsp3) is 0.650. The van der Waals surface area contributed by atoms with E-state index in [2.05, 4.69) is 37.1 Å². The third kappa shape index (κ3) is 4.08. The van der Waals surface area contributed by atoms with Crippen LogP contribution < -0.4 is 9.80 Å². The van der Waals surface area contributed by atoms with Crippen molar-refractivity contribution < 1.29 is 0 Å².